The van der Waals surface area contributed by atoms with Crippen LogP contribution in [0, 0.1) is 5.92 Å². The maximum absolute atomic E-state index is 13.5. The van der Waals surface area contributed by atoms with Crippen molar-refractivity contribution in [2.75, 3.05) is 26.2 Å². The third-order valence-electron chi connectivity index (χ3n) is 5.93. The number of piperidine rings is 1. The van der Waals surface area contributed by atoms with Crippen LogP contribution >= 0.6 is 15.9 Å². The lowest BCUT2D eigenvalue weighted by atomic mass is 10.0. The lowest BCUT2D eigenvalue weighted by molar-refractivity contribution is -0.128. The summed E-state index contributed by atoms with van der Waals surface area (Å²) in [7, 11) is -4.09. The standard InChI is InChI=1S/C21H31BrN4O5S/c1-14(21(23)28)2-5-20(27)26(15-6-9-25-13-15)32(29,30)17-3-4-19(18(22)12-17)31-16-7-10-24-11-8-16/h3-4,12,14-16,24-25H,2,5-11,13H2,1H3,(H2,23,28)/t14-,15+/m0/s1. The minimum atomic E-state index is -4.09. The lowest BCUT2D eigenvalue weighted by Crippen LogP contribution is -2.45. The molecule has 32 heavy (non-hydrogen) atoms. The molecular formula is C21H31BrN4O5S. The smallest absolute Gasteiger partial charge is 0.266 e. The van der Waals surface area contributed by atoms with Crippen molar-refractivity contribution in [2.45, 2.75) is 56.1 Å². The van der Waals surface area contributed by atoms with E-state index in [0.717, 1.165) is 30.2 Å². The number of nitrogens with one attached hydrogen (secondary N) is 2. The first kappa shape index (κ1) is 24.9. The molecule has 0 spiro atoms. The van der Waals surface area contributed by atoms with Gasteiger partial charge >= 0.3 is 0 Å². The molecule has 1 aromatic carbocycles. The highest BCUT2D eigenvalue weighted by Gasteiger charge is 2.37. The Morgan fingerprint density at radius 3 is 2.50 bits per heavy atom. The number of amides is 2. The number of carbonyl (C=O) groups is 2. The van der Waals surface area contributed by atoms with Crippen LogP contribution in [0.15, 0.2) is 27.6 Å². The van der Waals surface area contributed by atoms with Crippen molar-refractivity contribution >= 4 is 37.8 Å². The van der Waals surface area contributed by atoms with E-state index in [1.165, 1.54) is 12.1 Å². The van der Waals surface area contributed by atoms with E-state index in [1.54, 1.807) is 13.0 Å². The van der Waals surface area contributed by atoms with E-state index in [9.17, 15) is 18.0 Å². The normalized spacial score (nSPS) is 20.6. The molecule has 1 aromatic rings. The molecule has 11 heteroatoms. The predicted octanol–water partition coefficient (Wildman–Crippen LogP) is 1.36. The second-order valence-corrected chi connectivity index (χ2v) is 11.0. The van der Waals surface area contributed by atoms with E-state index in [-0.39, 0.29) is 23.8 Å². The molecule has 178 valence electrons. The van der Waals surface area contributed by atoms with Crippen molar-refractivity contribution in [1.82, 2.24) is 14.9 Å². The number of rotatable bonds is 9. The molecule has 2 aliphatic rings. The van der Waals surface area contributed by atoms with Crippen molar-refractivity contribution in [3.8, 4) is 5.75 Å². The molecule has 2 amide bonds. The summed E-state index contributed by atoms with van der Waals surface area (Å²) >= 11 is 3.43. The van der Waals surface area contributed by atoms with Gasteiger partial charge in [0.2, 0.25) is 11.8 Å². The molecule has 0 aliphatic carbocycles. The summed E-state index contributed by atoms with van der Waals surface area (Å²) in [6.45, 7) is 4.43. The number of carbonyl (C=O) groups excluding carboxylic acids is 2. The third kappa shape index (κ3) is 6.00. The summed E-state index contributed by atoms with van der Waals surface area (Å²) < 4.78 is 34.6. The quantitative estimate of drug-likeness (QED) is 0.439. The summed E-state index contributed by atoms with van der Waals surface area (Å²) in [6.07, 6.45) is 2.50. The molecule has 2 heterocycles. The number of sulfonamides is 1. The van der Waals surface area contributed by atoms with Gasteiger partial charge in [-0.25, -0.2) is 12.7 Å². The zero-order chi connectivity index (χ0) is 23.3. The van der Waals surface area contributed by atoms with Crippen LogP contribution in [0.2, 0.25) is 0 Å². The second-order valence-electron chi connectivity index (χ2n) is 8.34. The van der Waals surface area contributed by atoms with Gasteiger partial charge in [0, 0.05) is 18.9 Å². The van der Waals surface area contributed by atoms with E-state index >= 15 is 0 Å². The van der Waals surface area contributed by atoms with Gasteiger partial charge in [0.15, 0.2) is 0 Å². The van der Waals surface area contributed by atoms with Gasteiger partial charge in [0.1, 0.15) is 11.9 Å². The minimum Gasteiger partial charge on any atom is -0.489 e. The lowest BCUT2D eigenvalue weighted by Gasteiger charge is -2.29. The van der Waals surface area contributed by atoms with Crippen molar-refractivity contribution in [3.63, 3.8) is 0 Å². The van der Waals surface area contributed by atoms with Gasteiger partial charge in [-0.1, -0.05) is 6.92 Å². The van der Waals surface area contributed by atoms with Crippen molar-refractivity contribution in [1.29, 1.82) is 0 Å². The predicted molar refractivity (Wildman–Crippen MR) is 124 cm³/mol. The Balaban J connectivity index is 1.81. The highest BCUT2D eigenvalue weighted by atomic mass is 79.9. The summed E-state index contributed by atoms with van der Waals surface area (Å²) in [6, 6.07) is 4.12. The van der Waals surface area contributed by atoms with Crippen molar-refractivity contribution < 1.29 is 22.7 Å². The first-order valence-electron chi connectivity index (χ1n) is 10.9. The molecular weight excluding hydrogens is 500 g/mol. The van der Waals surface area contributed by atoms with Crippen LogP contribution in [0.1, 0.15) is 39.0 Å². The third-order valence-corrected chi connectivity index (χ3v) is 8.42. The Morgan fingerprint density at radius 1 is 1.22 bits per heavy atom. The van der Waals surface area contributed by atoms with E-state index in [4.69, 9.17) is 10.5 Å². The molecule has 3 rings (SSSR count). The van der Waals surface area contributed by atoms with Gasteiger partial charge in [-0.2, -0.15) is 0 Å². The molecule has 2 aliphatic heterocycles. The van der Waals surface area contributed by atoms with E-state index in [0.29, 0.717) is 29.7 Å². The average molecular weight is 531 g/mol. The fraction of sp³-hybridized carbons (Fsp3) is 0.619. The summed E-state index contributed by atoms with van der Waals surface area (Å²) in [4.78, 5) is 24.4. The number of hydrogen-bond donors (Lipinski definition) is 3. The number of benzene rings is 1. The Hall–Kier alpha value is -1.69. The van der Waals surface area contributed by atoms with Gasteiger partial charge in [-0.05, 0) is 79.4 Å². The van der Waals surface area contributed by atoms with Crippen LogP contribution in [0.4, 0.5) is 0 Å². The Kier molecular flexibility index (Phi) is 8.54. The van der Waals surface area contributed by atoms with Gasteiger partial charge in [-0.3, -0.25) is 9.59 Å². The summed E-state index contributed by atoms with van der Waals surface area (Å²) in [5.41, 5.74) is 5.28. The fourth-order valence-electron chi connectivity index (χ4n) is 3.91. The summed E-state index contributed by atoms with van der Waals surface area (Å²) in [5.74, 6) is -0.974. The SMILES string of the molecule is C[C@@H](CCC(=O)N([C@@H]1CCNC1)S(=O)(=O)c1ccc(OC2CCNCC2)c(Br)c1)C(N)=O. The van der Waals surface area contributed by atoms with Gasteiger partial charge < -0.3 is 21.1 Å². The number of primary amides is 1. The maximum atomic E-state index is 13.5. The van der Waals surface area contributed by atoms with Crippen LogP contribution in [0.3, 0.4) is 0 Å². The number of nitrogens with two attached hydrogens (primary N) is 1. The number of halogens is 1. The van der Waals surface area contributed by atoms with E-state index < -0.39 is 33.8 Å². The number of hydrogen-bond acceptors (Lipinski definition) is 7. The Morgan fingerprint density at radius 2 is 1.91 bits per heavy atom. The Bertz CT molecular complexity index is 930. The van der Waals surface area contributed by atoms with Gasteiger partial charge in [0.05, 0.1) is 15.4 Å². The van der Waals surface area contributed by atoms with E-state index in [2.05, 4.69) is 26.6 Å². The van der Waals surface area contributed by atoms with Gasteiger partial charge in [-0.15, -0.1) is 0 Å². The highest BCUT2D eigenvalue weighted by molar-refractivity contribution is 9.10. The molecule has 0 unspecified atom stereocenters. The summed E-state index contributed by atoms with van der Waals surface area (Å²) in [5, 5.41) is 6.39. The fourth-order valence-corrected chi connectivity index (χ4v) is 6.20. The second kappa shape index (κ2) is 11.0. The van der Waals surface area contributed by atoms with Crippen molar-refractivity contribution in [3.05, 3.63) is 22.7 Å². The van der Waals surface area contributed by atoms with Crippen LogP contribution in [-0.2, 0) is 19.6 Å². The minimum absolute atomic E-state index is 0.0187. The highest BCUT2D eigenvalue weighted by Crippen LogP contribution is 2.32. The largest absolute Gasteiger partial charge is 0.489 e. The van der Waals surface area contributed by atoms with Crippen LogP contribution in [0.25, 0.3) is 0 Å². The zero-order valence-electron chi connectivity index (χ0n) is 18.2. The van der Waals surface area contributed by atoms with Crippen LogP contribution in [0.5, 0.6) is 5.75 Å². The molecule has 2 atom stereocenters. The number of ether oxygens (including phenoxy) is 1. The monoisotopic (exact) mass is 530 g/mol. The topological polar surface area (TPSA) is 131 Å². The zero-order valence-corrected chi connectivity index (χ0v) is 20.6. The van der Waals surface area contributed by atoms with Crippen molar-refractivity contribution in [2.24, 2.45) is 11.7 Å². The van der Waals surface area contributed by atoms with E-state index in [1.807, 2.05) is 0 Å². The first-order valence-corrected chi connectivity index (χ1v) is 13.2. The Labute approximate surface area is 197 Å². The molecule has 0 saturated carbocycles. The molecule has 0 radical (unpaired) electrons. The maximum Gasteiger partial charge on any atom is 0.266 e. The molecule has 2 saturated heterocycles. The van der Waals surface area contributed by atoms with Crippen LogP contribution < -0.4 is 21.1 Å². The molecule has 0 aromatic heterocycles. The molecule has 4 N–H and O–H groups in total. The first-order chi connectivity index (χ1) is 15.2. The number of nitrogens with zero attached hydrogens (tertiary/aromatic N) is 1. The molecule has 2 fully saturated rings. The molecule has 9 nitrogen and oxygen atoms in total. The van der Waals surface area contributed by atoms with Gasteiger partial charge in [0.25, 0.3) is 10.0 Å². The average Bonchev–Trinajstić information content (AvgIpc) is 3.28. The molecule has 0 bridgehead atoms. The van der Waals surface area contributed by atoms with Crippen LogP contribution in [-0.4, -0.2) is 62.9 Å².